The summed E-state index contributed by atoms with van der Waals surface area (Å²) in [6, 6.07) is 10.0. The van der Waals surface area contributed by atoms with E-state index in [1.165, 1.54) is 35.1 Å². The highest BCUT2D eigenvalue weighted by Crippen LogP contribution is 2.30. The number of carbonyl (C=O) groups excluding carboxylic acids is 1. The van der Waals surface area contributed by atoms with Gasteiger partial charge in [0.25, 0.3) is 5.91 Å². The van der Waals surface area contributed by atoms with E-state index < -0.39 is 11.7 Å². The van der Waals surface area contributed by atoms with E-state index >= 15 is 0 Å². The van der Waals surface area contributed by atoms with Gasteiger partial charge in [0, 0.05) is 0 Å². The molecule has 0 saturated heterocycles. The molecular formula is C20H17F4N3O2. The number of rotatable bonds is 6. The van der Waals surface area contributed by atoms with Gasteiger partial charge in [-0.2, -0.15) is 18.3 Å². The second kappa shape index (κ2) is 8.34. The van der Waals surface area contributed by atoms with E-state index in [1.54, 1.807) is 19.1 Å². The Hall–Kier alpha value is -3.36. The Morgan fingerprint density at radius 2 is 1.76 bits per heavy atom. The molecule has 5 nitrogen and oxygen atoms in total. The molecule has 3 aromatic rings. The number of hydrogen-bond acceptors (Lipinski definition) is 3. The van der Waals surface area contributed by atoms with Gasteiger partial charge in [0.2, 0.25) is 0 Å². The third-order valence-electron chi connectivity index (χ3n) is 4.16. The van der Waals surface area contributed by atoms with Crippen LogP contribution in [0.5, 0.6) is 5.75 Å². The Bertz CT molecular complexity index is 980. The third-order valence-corrected chi connectivity index (χ3v) is 4.16. The van der Waals surface area contributed by atoms with Crippen LogP contribution >= 0.6 is 0 Å². The summed E-state index contributed by atoms with van der Waals surface area (Å²) in [5.41, 5.74) is 0.794. The van der Waals surface area contributed by atoms with E-state index in [0.29, 0.717) is 16.9 Å². The number of ether oxygens (including phenoxy) is 1. The number of carbonyl (C=O) groups is 1. The van der Waals surface area contributed by atoms with Gasteiger partial charge in [0.05, 0.1) is 35.2 Å². The first-order valence-electron chi connectivity index (χ1n) is 8.64. The fourth-order valence-electron chi connectivity index (χ4n) is 2.64. The van der Waals surface area contributed by atoms with E-state index in [2.05, 4.69) is 10.4 Å². The number of amides is 1. The van der Waals surface area contributed by atoms with Crippen LogP contribution in [0, 0.1) is 12.7 Å². The van der Waals surface area contributed by atoms with Crippen LogP contribution in [0.2, 0.25) is 0 Å². The first-order valence-corrected chi connectivity index (χ1v) is 8.64. The van der Waals surface area contributed by atoms with Crippen LogP contribution in [0.3, 0.4) is 0 Å². The molecule has 1 aromatic heterocycles. The maximum absolute atomic E-state index is 13.0. The average Bonchev–Trinajstić information content (AvgIpc) is 3.07. The van der Waals surface area contributed by atoms with Crippen LogP contribution in [0.15, 0.2) is 54.7 Å². The van der Waals surface area contributed by atoms with Crippen molar-refractivity contribution in [3.05, 3.63) is 77.4 Å². The molecule has 0 saturated carbocycles. The van der Waals surface area contributed by atoms with Gasteiger partial charge in [-0.3, -0.25) is 4.79 Å². The maximum atomic E-state index is 13.0. The number of alkyl halides is 3. The molecule has 0 aliphatic rings. The van der Waals surface area contributed by atoms with Crippen molar-refractivity contribution in [3.63, 3.8) is 0 Å². The van der Waals surface area contributed by atoms with E-state index in [-0.39, 0.29) is 30.6 Å². The summed E-state index contributed by atoms with van der Waals surface area (Å²) in [4.78, 5) is 12.3. The molecule has 0 aliphatic heterocycles. The lowest BCUT2D eigenvalue weighted by molar-refractivity contribution is -0.137. The zero-order valence-electron chi connectivity index (χ0n) is 15.3. The molecule has 29 heavy (non-hydrogen) atoms. The van der Waals surface area contributed by atoms with Crippen molar-refractivity contribution < 1.29 is 27.1 Å². The molecule has 152 valence electrons. The molecule has 2 aromatic carbocycles. The number of nitrogens with one attached hydrogen (secondary N) is 1. The Labute approximate surface area is 163 Å². The Morgan fingerprint density at radius 1 is 1.10 bits per heavy atom. The van der Waals surface area contributed by atoms with Crippen LogP contribution < -0.4 is 10.1 Å². The van der Waals surface area contributed by atoms with E-state index in [4.69, 9.17) is 4.74 Å². The summed E-state index contributed by atoms with van der Waals surface area (Å²) in [6.45, 7) is 1.95. The van der Waals surface area contributed by atoms with Crippen molar-refractivity contribution >= 4 is 5.91 Å². The molecule has 0 fully saturated rings. The van der Waals surface area contributed by atoms with E-state index in [9.17, 15) is 22.4 Å². The molecule has 0 unspecified atom stereocenters. The SMILES string of the molecule is Cc1c(C(=O)NCCOc2ccc(C(F)(F)F)cc2)cnn1-c1ccc(F)cc1. The predicted molar refractivity (Wildman–Crippen MR) is 97.5 cm³/mol. The van der Waals surface area contributed by atoms with Gasteiger partial charge in [-0.15, -0.1) is 0 Å². The van der Waals surface area contributed by atoms with Gasteiger partial charge in [-0.25, -0.2) is 9.07 Å². The Balaban J connectivity index is 1.53. The number of benzene rings is 2. The smallest absolute Gasteiger partial charge is 0.416 e. The van der Waals surface area contributed by atoms with Gasteiger partial charge >= 0.3 is 6.18 Å². The molecule has 0 aliphatic carbocycles. The Morgan fingerprint density at radius 3 is 2.38 bits per heavy atom. The second-order valence-corrected chi connectivity index (χ2v) is 6.16. The lowest BCUT2D eigenvalue weighted by Gasteiger charge is -2.10. The summed E-state index contributed by atoms with van der Waals surface area (Å²) in [6.07, 6.45) is -2.99. The number of nitrogens with zero attached hydrogens (tertiary/aromatic N) is 2. The fraction of sp³-hybridized carbons (Fsp3) is 0.200. The summed E-state index contributed by atoms with van der Waals surface area (Å²) in [7, 11) is 0. The van der Waals surface area contributed by atoms with Crippen molar-refractivity contribution in [2.75, 3.05) is 13.2 Å². The molecule has 0 spiro atoms. The van der Waals surface area contributed by atoms with Crippen molar-refractivity contribution in [2.24, 2.45) is 0 Å². The molecule has 0 bridgehead atoms. The van der Waals surface area contributed by atoms with Crippen LogP contribution in [0.1, 0.15) is 21.6 Å². The van der Waals surface area contributed by atoms with Gasteiger partial charge in [0.15, 0.2) is 0 Å². The first-order chi connectivity index (χ1) is 13.8. The molecule has 1 N–H and O–H groups in total. The number of aromatic nitrogens is 2. The number of halogens is 4. The van der Waals surface area contributed by atoms with Gasteiger partial charge in [0.1, 0.15) is 18.2 Å². The average molecular weight is 407 g/mol. The lowest BCUT2D eigenvalue weighted by atomic mass is 10.2. The molecule has 1 heterocycles. The minimum absolute atomic E-state index is 0.0856. The highest BCUT2D eigenvalue weighted by Gasteiger charge is 2.30. The maximum Gasteiger partial charge on any atom is 0.416 e. The van der Waals surface area contributed by atoms with Crippen molar-refractivity contribution in [1.82, 2.24) is 15.1 Å². The molecule has 0 atom stereocenters. The first kappa shape index (κ1) is 20.4. The monoisotopic (exact) mass is 407 g/mol. The lowest BCUT2D eigenvalue weighted by Crippen LogP contribution is -2.28. The van der Waals surface area contributed by atoms with Gasteiger partial charge in [-0.1, -0.05) is 0 Å². The second-order valence-electron chi connectivity index (χ2n) is 6.16. The summed E-state index contributed by atoms with van der Waals surface area (Å²) >= 11 is 0. The molecular weight excluding hydrogens is 390 g/mol. The van der Waals surface area contributed by atoms with Crippen LogP contribution in [-0.4, -0.2) is 28.8 Å². The standard InChI is InChI=1S/C20H17F4N3O2/c1-13-18(12-26-27(13)16-6-4-15(21)5-7-16)19(28)25-10-11-29-17-8-2-14(3-9-17)20(22,23)24/h2-9,12H,10-11H2,1H3,(H,25,28). The minimum atomic E-state index is -4.40. The molecule has 0 radical (unpaired) electrons. The van der Waals surface area contributed by atoms with Gasteiger partial charge < -0.3 is 10.1 Å². The highest BCUT2D eigenvalue weighted by molar-refractivity contribution is 5.95. The summed E-state index contributed by atoms with van der Waals surface area (Å²) in [5.74, 6) is -0.469. The van der Waals surface area contributed by atoms with Crippen molar-refractivity contribution in [1.29, 1.82) is 0 Å². The predicted octanol–water partition coefficient (Wildman–Crippen LogP) is 4.15. The quantitative estimate of drug-likeness (QED) is 0.494. The minimum Gasteiger partial charge on any atom is -0.492 e. The Kier molecular flexibility index (Phi) is 5.86. The molecule has 1 amide bonds. The zero-order chi connectivity index (χ0) is 21.0. The fourth-order valence-corrected chi connectivity index (χ4v) is 2.64. The summed E-state index contributed by atoms with van der Waals surface area (Å²) in [5, 5.41) is 6.81. The van der Waals surface area contributed by atoms with Crippen molar-refractivity contribution in [3.8, 4) is 11.4 Å². The largest absolute Gasteiger partial charge is 0.492 e. The van der Waals surface area contributed by atoms with E-state index in [1.807, 2.05) is 0 Å². The highest BCUT2D eigenvalue weighted by atomic mass is 19.4. The summed E-state index contributed by atoms with van der Waals surface area (Å²) < 4.78 is 57.5. The zero-order valence-corrected chi connectivity index (χ0v) is 15.3. The van der Waals surface area contributed by atoms with Crippen LogP contribution in [0.25, 0.3) is 5.69 Å². The molecule has 9 heteroatoms. The molecule has 3 rings (SSSR count). The van der Waals surface area contributed by atoms with Crippen LogP contribution in [-0.2, 0) is 6.18 Å². The third kappa shape index (κ3) is 4.92. The van der Waals surface area contributed by atoms with E-state index in [0.717, 1.165) is 12.1 Å². The normalized spacial score (nSPS) is 11.3. The number of hydrogen-bond donors (Lipinski definition) is 1. The van der Waals surface area contributed by atoms with Crippen LogP contribution in [0.4, 0.5) is 17.6 Å². The van der Waals surface area contributed by atoms with Crippen molar-refractivity contribution in [2.45, 2.75) is 13.1 Å². The topological polar surface area (TPSA) is 56.1 Å². The van der Waals surface area contributed by atoms with Gasteiger partial charge in [-0.05, 0) is 55.5 Å².